The van der Waals surface area contributed by atoms with Gasteiger partial charge in [-0.3, -0.25) is 0 Å². The van der Waals surface area contributed by atoms with Crippen molar-refractivity contribution in [3.8, 4) is 0 Å². The highest BCUT2D eigenvalue weighted by Gasteiger charge is 2.11. The van der Waals surface area contributed by atoms with E-state index in [1.54, 1.807) is 6.08 Å². The van der Waals surface area contributed by atoms with Crippen molar-refractivity contribution < 1.29 is 0 Å². The quantitative estimate of drug-likeness (QED) is 0.826. The van der Waals surface area contributed by atoms with Crippen molar-refractivity contribution in [3.63, 3.8) is 0 Å². The maximum atomic E-state index is 4.45. The van der Waals surface area contributed by atoms with E-state index in [1.807, 2.05) is 0 Å². The van der Waals surface area contributed by atoms with Crippen LogP contribution < -0.4 is 5.32 Å². The van der Waals surface area contributed by atoms with E-state index in [2.05, 4.69) is 45.3 Å². The third-order valence-electron chi connectivity index (χ3n) is 1.92. The molecule has 96 valence electrons. The smallest absolute Gasteiger partial charge is 0.206 e. The number of nitrogens with zero attached hydrogens (tertiary/aromatic N) is 4. The van der Waals surface area contributed by atoms with Crippen molar-refractivity contribution >= 4 is 39.8 Å². The molecule has 0 spiro atoms. The van der Waals surface area contributed by atoms with E-state index in [4.69, 9.17) is 0 Å². The number of nitrogens with one attached hydrogen (secondary N) is 1. The molecule has 2 aromatic heterocycles. The van der Waals surface area contributed by atoms with E-state index < -0.39 is 0 Å². The summed E-state index contributed by atoms with van der Waals surface area (Å²) >= 11 is 4.41. The van der Waals surface area contributed by atoms with Crippen LogP contribution in [0.2, 0.25) is 0 Å². The third-order valence-corrected chi connectivity index (χ3v) is 4.62. The van der Waals surface area contributed by atoms with Crippen LogP contribution >= 0.6 is 34.6 Å². The first kappa shape index (κ1) is 13.4. The molecule has 0 bridgehead atoms. The maximum absolute atomic E-state index is 4.45. The lowest BCUT2D eigenvalue weighted by molar-refractivity contribution is 0.789. The van der Waals surface area contributed by atoms with E-state index in [9.17, 15) is 0 Å². The SMILES string of the molecule is C=CCNc1nnc(Sc2nc(C(C)C)ns2)s1. The van der Waals surface area contributed by atoms with E-state index in [-0.39, 0.29) is 0 Å². The normalized spacial score (nSPS) is 10.8. The van der Waals surface area contributed by atoms with Crippen LogP contribution in [-0.4, -0.2) is 26.1 Å². The molecule has 0 aliphatic carbocycles. The lowest BCUT2D eigenvalue weighted by atomic mass is 10.2. The van der Waals surface area contributed by atoms with Gasteiger partial charge in [0.05, 0.1) is 0 Å². The maximum Gasteiger partial charge on any atom is 0.206 e. The molecule has 0 saturated carbocycles. The van der Waals surface area contributed by atoms with Gasteiger partial charge in [-0.25, -0.2) is 4.98 Å². The first-order chi connectivity index (χ1) is 8.69. The Morgan fingerprint density at radius 1 is 1.39 bits per heavy atom. The van der Waals surface area contributed by atoms with Crippen LogP contribution in [0.25, 0.3) is 0 Å². The molecule has 0 aromatic carbocycles. The van der Waals surface area contributed by atoms with Crippen LogP contribution in [0, 0.1) is 0 Å². The molecular formula is C10H13N5S3. The van der Waals surface area contributed by atoms with Crippen molar-refractivity contribution in [2.24, 2.45) is 0 Å². The second-order valence-corrected chi connectivity index (χ2v) is 6.94. The van der Waals surface area contributed by atoms with Gasteiger partial charge in [-0.15, -0.1) is 16.8 Å². The molecule has 0 amide bonds. The van der Waals surface area contributed by atoms with Crippen molar-refractivity contribution in [2.45, 2.75) is 28.4 Å². The van der Waals surface area contributed by atoms with Gasteiger partial charge in [0.1, 0.15) is 5.82 Å². The lowest BCUT2D eigenvalue weighted by Crippen LogP contribution is -1.96. The van der Waals surface area contributed by atoms with Gasteiger partial charge in [0, 0.05) is 12.5 Å². The standard InChI is InChI=1S/C10H13N5S3/c1-4-5-11-8-13-14-10(16-8)17-9-12-7(6(2)3)15-18-9/h4,6H,1,5H2,2-3H3,(H,11,13). The fourth-order valence-corrected chi connectivity index (χ4v) is 3.76. The molecule has 2 heterocycles. The first-order valence-corrected chi connectivity index (χ1v) is 7.79. The van der Waals surface area contributed by atoms with E-state index in [1.165, 1.54) is 34.6 Å². The van der Waals surface area contributed by atoms with Gasteiger partial charge < -0.3 is 5.32 Å². The van der Waals surface area contributed by atoms with E-state index >= 15 is 0 Å². The minimum atomic E-state index is 0.356. The lowest BCUT2D eigenvalue weighted by Gasteiger charge is -1.94. The molecule has 0 saturated heterocycles. The zero-order valence-electron chi connectivity index (χ0n) is 10.1. The van der Waals surface area contributed by atoms with Crippen molar-refractivity contribution in [2.75, 3.05) is 11.9 Å². The summed E-state index contributed by atoms with van der Waals surface area (Å²) in [6.07, 6.45) is 1.79. The molecule has 8 heteroatoms. The number of hydrogen-bond donors (Lipinski definition) is 1. The fraction of sp³-hybridized carbons (Fsp3) is 0.400. The molecule has 0 unspecified atom stereocenters. The highest BCUT2D eigenvalue weighted by Crippen LogP contribution is 2.33. The Hall–Kier alpha value is -0.990. The van der Waals surface area contributed by atoms with Crippen molar-refractivity contribution in [1.82, 2.24) is 19.6 Å². The topological polar surface area (TPSA) is 63.6 Å². The highest BCUT2D eigenvalue weighted by molar-refractivity contribution is 8.02. The van der Waals surface area contributed by atoms with Crippen molar-refractivity contribution in [3.05, 3.63) is 18.5 Å². The summed E-state index contributed by atoms with van der Waals surface area (Å²) in [7, 11) is 0. The Morgan fingerprint density at radius 2 is 2.22 bits per heavy atom. The average Bonchev–Trinajstić information content (AvgIpc) is 2.96. The van der Waals surface area contributed by atoms with Crippen LogP contribution in [0.4, 0.5) is 5.13 Å². The Balaban J connectivity index is 1.99. The monoisotopic (exact) mass is 299 g/mol. The number of hydrogen-bond acceptors (Lipinski definition) is 8. The summed E-state index contributed by atoms with van der Waals surface area (Å²) in [6, 6.07) is 0. The summed E-state index contributed by atoms with van der Waals surface area (Å²) < 4.78 is 6.08. The molecule has 5 nitrogen and oxygen atoms in total. The zero-order chi connectivity index (χ0) is 13.0. The largest absolute Gasteiger partial charge is 0.357 e. The number of anilines is 1. The summed E-state index contributed by atoms with van der Waals surface area (Å²) in [5.41, 5.74) is 0. The molecule has 2 aromatic rings. The zero-order valence-corrected chi connectivity index (χ0v) is 12.5. The van der Waals surface area contributed by atoms with Crippen LogP contribution in [0.3, 0.4) is 0 Å². The second-order valence-electron chi connectivity index (χ2n) is 3.72. The first-order valence-electron chi connectivity index (χ1n) is 5.38. The van der Waals surface area contributed by atoms with Crippen LogP contribution in [0.1, 0.15) is 25.6 Å². The highest BCUT2D eigenvalue weighted by atomic mass is 32.2. The van der Waals surface area contributed by atoms with Crippen molar-refractivity contribution in [1.29, 1.82) is 0 Å². The molecule has 0 aliphatic heterocycles. The predicted molar refractivity (Wildman–Crippen MR) is 76.7 cm³/mol. The fourth-order valence-electron chi connectivity index (χ4n) is 1.05. The Kier molecular flexibility index (Phi) is 4.67. The number of aromatic nitrogens is 4. The molecule has 0 fully saturated rings. The summed E-state index contributed by atoms with van der Waals surface area (Å²) in [5, 5.41) is 12.0. The molecule has 18 heavy (non-hydrogen) atoms. The third kappa shape index (κ3) is 3.50. The summed E-state index contributed by atoms with van der Waals surface area (Å²) in [4.78, 5) is 4.45. The van der Waals surface area contributed by atoms with E-state index in [0.29, 0.717) is 12.5 Å². The van der Waals surface area contributed by atoms with Gasteiger partial charge in [0.25, 0.3) is 0 Å². The minimum absolute atomic E-state index is 0.356. The second kappa shape index (κ2) is 6.26. The summed E-state index contributed by atoms with van der Waals surface area (Å²) in [6.45, 7) is 8.50. The Labute approximate surface area is 118 Å². The Morgan fingerprint density at radius 3 is 2.89 bits per heavy atom. The molecule has 0 radical (unpaired) electrons. The van der Waals surface area contributed by atoms with Gasteiger partial charge in [0.15, 0.2) is 8.68 Å². The van der Waals surface area contributed by atoms with Crippen LogP contribution in [-0.2, 0) is 0 Å². The molecule has 0 aliphatic rings. The molecule has 2 rings (SSSR count). The van der Waals surface area contributed by atoms with Crippen LogP contribution in [0.5, 0.6) is 0 Å². The molecule has 0 atom stereocenters. The van der Waals surface area contributed by atoms with Gasteiger partial charge in [-0.2, -0.15) is 4.37 Å². The van der Waals surface area contributed by atoms with Crippen LogP contribution in [0.15, 0.2) is 21.3 Å². The molecular weight excluding hydrogens is 286 g/mol. The van der Waals surface area contributed by atoms with Gasteiger partial charge in [0.2, 0.25) is 5.13 Å². The average molecular weight is 299 g/mol. The summed E-state index contributed by atoms with van der Waals surface area (Å²) in [5.74, 6) is 1.24. The van der Waals surface area contributed by atoms with Gasteiger partial charge in [-0.1, -0.05) is 31.3 Å². The number of rotatable bonds is 6. The minimum Gasteiger partial charge on any atom is -0.357 e. The van der Waals surface area contributed by atoms with E-state index in [0.717, 1.165) is 19.6 Å². The Bertz CT molecular complexity index is 519. The van der Waals surface area contributed by atoms with Gasteiger partial charge >= 0.3 is 0 Å². The predicted octanol–water partition coefficient (Wildman–Crippen LogP) is 3.26. The van der Waals surface area contributed by atoms with Gasteiger partial charge in [-0.05, 0) is 23.3 Å². The molecule has 1 N–H and O–H groups in total.